The molecule has 2 amide bonds. The van der Waals surface area contributed by atoms with E-state index in [1.54, 1.807) is 31.3 Å². The molecule has 5 rings (SSSR count). The molecule has 0 atom stereocenters. The fourth-order valence-corrected chi connectivity index (χ4v) is 5.24. The standard InChI is InChI=1S/C33H39N7O3/c1-6-38-16-18-39(19-17-38)25-10-12-26(13-11-25)40(33(41)37-32-23(2)8-7-9-24(32)3)31-21-30(34-22-35-31)36-28-15-14-27(42-4)20-29(28)43-5/h7-15,20-22H,6,16-19H2,1-5H3,(H,37,41)(H,34,35,36). The predicted octanol–water partition coefficient (Wildman–Crippen LogP) is 6.37. The second-order valence-corrected chi connectivity index (χ2v) is 10.4. The maximum absolute atomic E-state index is 14.0. The number of amides is 2. The van der Waals surface area contributed by atoms with Gasteiger partial charge in [-0.05, 0) is 67.9 Å². The molecule has 2 heterocycles. The number of carbonyl (C=O) groups is 1. The molecule has 1 fully saturated rings. The van der Waals surface area contributed by atoms with Crippen molar-refractivity contribution in [2.24, 2.45) is 0 Å². The zero-order valence-corrected chi connectivity index (χ0v) is 25.4. The van der Waals surface area contributed by atoms with Crippen molar-refractivity contribution in [2.75, 3.05) is 67.4 Å². The summed E-state index contributed by atoms with van der Waals surface area (Å²) in [5, 5.41) is 6.41. The first-order chi connectivity index (χ1) is 20.9. The van der Waals surface area contributed by atoms with E-state index in [9.17, 15) is 4.79 Å². The maximum atomic E-state index is 14.0. The van der Waals surface area contributed by atoms with Crippen LogP contribution < -0.4 is 29.9 Å². The predicted molar refractivity (Wildman–Crippen MR) is 173 cm³/mol. The van der Waals surface area contributed by atoms with Crippen LogP contribution in [0.1, 0.15) is 18.1 Å². The summed E-state index contributed by atoms with van der Waals surface area (Å²) in [7, 11) is 3.20. The lowest BCUT2D eigenvalue weighted by molar-refractivity contribution is 0.259. The van der Waals surface area contributed by atoms with E-state index < -0.39 is 0 Å². The highest BCUT2D eigenvalue weighted by Gasteiger charge is 2.23. The Bertz CT molecular complexity index is 1530. The highest BCUT2D eigenvalue weighted by atomic mass is 16.5. The Balaban J connectivity index is 1.47. The molecule has 0 radical (unpaired) electrons. The Kier molecular flexibility index (Phi) is 9.26. The van der Waals surface area contributed by atoms with Gasteiger partial charge in [0.2, 0.25) is 0 Å². The number of nitrogens with one attached hydrogen (secondary N) is 2. The molecule has 43 heavy (non-hydrogen) atoms. The number of hydrogen-bond acceptors (Lipinski definition) is 8. The summed E-state index contributed by atoms with van der Waals surface area (Å²) in [6.07, 6.45) is 1.44. The van der Waals surface area contributed by atoms with Crippen molar-refractivity contribution in [3.8, 4) is 11.5 Å². The van der Waals surface area contributed by atoms with Gasteiger partial charge in [0.15, 0.2) is 0 Å². The number of urea groups is 1. The van der Waals surface area contributed by atoms with Gasteiger partial charge in [0.1, 0.15) is 29.5 Å². The van der Waals surface area contributed by atoms with E-state index in [1.165, 1.54) is 6.33 Å². The van der Waals surface area contributed by atoms with Crippen LogP contribution in [0.3, 0.4) is 0 Å². The van der Waals surface area contributed by atoms with Crippen LogP contribution in [0.4, 0.5) is 39.2 Å². The van der Waals surface area contributed by atoms with Crippen LogP contribution in [0.15, 0.2) is 73.1 Å². The van der Waals surface area contributed by atoms with E-state index in [1.807, 2.05) is 56.3 Å². The number of benzene rings is 3. The lowest BCUT2D eigenvalue weighted by atomic mass is 10.1. The quantitative estimate of drug-likeness (QED) is 0.236. The van der Waals surface area contributed by atoms with Crippen LogP contribution in [0.5, 0.6) is 11.5 Å². The number of aromatic nitrogens is 2. The molecule has 10 nitrogen and oxygen atoms in total. The molecule has 0 aliphatic carbocycles. The minimum atomic E-state index is -0.326. The first kappa shape index (κ1) is 29.7. The number of hydrogen-bond donors (Lipinski definition) is 2. The van der Waals surface area contributed by atoms with Crippen LogP contribution in [-0.4, -0.2) is 67.8 Å². The molecule has 224 valence electrons. The summed E-state index contributed by atoms with van der Waals surface area (Å²) in [6.45, 7) is 11.3. The average Bonchev–Trinajstić information content (AvgIpc) is 3.04. The van der Waals surface area contributed by atoms with Gasteiger partial charge in [0.05, 0.1) is 25.6 Å². The molecule has 3 aromatic carbocycles. The van der Waals surface area contributed by atoms with Crippen molar-refractivity contribution in [1.82, 2.24) is 14.9 Å². The molecule has 0 saturated carbocycles. The molecule has 2 N–H and O–H groups in total. The van der Waals surface area contributed by atoms with Gasteiger partial charge < -0.3 is 29.9 Å². The lowest BCUT2D eigenvalue weighted by Crippen LogP contribution is -2.46. The van der Waals surface area contributed by atoms with Gasteiger partial charge in [0.25, 0.3) is 0 Å². The maximum Gasteiger partial charge on any atom is 0.332 e. The molecular weight excluding hydrogens is 542 g/mol. The van der Waals surface area contributed by atoms with Crippen LogP contribution >= 0.6 is 0 Å². The van der Waals surface area contributed by atoms with Crippen molar-refractivity contribution < 1.29 is 14.3 Å². The molecule has 10 heteroatoms. The molecule has 4 aromatic rings. The Morgan fingerprint density at radius 3 is 2.28 bits per heavy atom. The van der Waals surface area contributed by atoms with Crippen LogP contribution in [0.25, 0.3) is 0 Å². The number of ether oxygens (including phenoxy) is 2. The molecule has 1 aromatic heterocycles. The fourth-order valence-electron chi connectivity index (χ4n) is 5.24. The lowest BCUT2D eigenvalue weighted by Gasteiger charge is -2.35. The number of nitrogens with zero attached hydrogens (tertiary/aromatic N) is 5. The van der Waals surface area contributed by atoms with Gasteiger partial charge in [-0.1, -0.05) is 25.1 Å². The van der Waals surface area contributed by atoms with E-state index >= 15 is 0 Å². The molecule has 1 aliphatic rings. The summed E-state index contributed by atoms with van der Waals surface area (Å²) in [5.74, 6) is 2.19. The largest absolute Gasteiger partial charge is 0.497 e. The minimum Gasteiger partial charge on any atom is -0.497 e. The van der Waals surface area contributed by atoms with Crippen LogP contribution in [0, 0.1) is 13.8 Å². The number of carbonyl (C=O) groups excluding carboxylic acids is 1. The monoisotopic (exact) mass is 581 g/mol. The second-order valence-electron chi connectivity index (χ2n) is 10.4. The van der Waals surface area contributed by atoms with Crippen molar-refractivity contribution in [3.05, 3.63) is 84.2 Å². The Labute approximate surface area is 253 Å². The van der Waals surface area contributed by atoms with Crippen molar-refractivity contribution in [3.63, 3.8) is 0 Å². The third-order valence-electron chi connectivity index (χ3n) is 7.76. The summed E-state index contributed by atoms with van der Waals surface area (Å²) in [4.78, 5) is 29.3. The zero-order chi connectivity index (χ0) is 30.3. The molecule has 1 aliphatic heterocycles. The fraction of sp³-hybridized carbons (Fsp3) is 0.303. The van der Waals surface area contributed by atoms with Gasteiger partial charge in [-0.25, -0.2) is 19.7 Å². The highest BCUT2D eigenvalue weighted by Crippen LogP contribution is 2.33. The van der Waals surface area contributed by atoms with Crippen molar-refractivity contribution >= 4 is 40.4 Å². The molecule has 0 unspecified atom stereocenters. The van der Waals surface area contributed by atoms with Gasteiger partial charge in [0, 0.05) is 49.7 Å². The normalized spacial score (nSPS) is 13.4. The van der Waals surface area contributed by atoms with E-state index in [2.05, 4.69) is 49.5 Å². The number of para-hydroxylation sites is 1. The average molecular weight is 582 g/mol. The minimum absolute atomic E-state index is 0.326. The van der Waals surface area contributed by atoms with E-state index in [0.717, 1.165) is 55.2 Å². The second kappa shape index (κ2) is 13.4. The number of methoxy groups -OCH3 is 2. The molecule has 1 saturated heterocycles. The van der Waals surface area contributed by atoms with Crippen molar-refractivity contribution in [1.29, 1.82) is 0 Å². The number of rotatable bonds is 9. The van der Waals surface area contributed by atoms with E-state index in [-0.39, 0.29) is 6.03 Å². The van der Waals surface area contributed by atoms with Gasteiger partial charge in [-0.3, -0.25) is 0 Å². The number of anilines is 6. The first-order valence-electron chi connectivity index (χ1n) is 14.5. The Morgan fingerprint density at radius 1 is 0.907 bits per heavy atom. The van der Waals surface area contributed by atoms with Gasteiger partial charge >= 0.3 is 6.03 Å². The third-order valence-corrected chi connectivity index (χ3v) is 7.76. The molecular formula is C33H39N7O3. The van der Waals surface area contributed by atoms with Gasteiger partial charge in [-0.2, -0.15) is 0 Å². The van der Waals surface area contributed by atoms with Crippen molar-refractivity contribution in [2.45, 2.75) is 20.8 Å². The SMILES string of the molecule is CCN1CCN(c2ccc(N(C(=O)Nc3c(C)cccc3C)c3cc(Nc4ccc(OC)cc4OC)ncn3)cc2)CC1. The van der Waals surface area contributed by atoms with Crippen LogP contribution in [-0.2, 0) is 0 Å². The number of piperazine rings is 1. The summed E-state index contributed by atoms with van der Waals surface area (Å²) < 4.78 is 10.9. The highest BCUT2D eigenvalue weighted by molar-refractivity contribution is 6.07. The Hall–Kier alpha value is -4.83. The van der Waals surface area contributed by atoms with E-state index in [0.29, 0.717) is 34.5 Å². The molecule has 0 spiro atoms. The zero-order valence-electron chi connectivity index (χ0n) is 25.4. The Morgan fingerprint density at radius 2 is 1.63 bits per heavy atom. The number of aryl methyl sites for hydroxylation is 2. The van der Waals surface area contributed by atoms with Crippen LogP contribution in [0.2, 0.25) is 0 Å². The topological polar surface area (TPSA) is 95.1 Å². The number of likely N-dealkylation sites (N-methyl/N-ethyl adjacent to an activating group) is 1. The summed E-state index contributed by atoms with van der Waals surface area (Å²) in [5.41, 5.74) is 5.25. The molecule has 0 bridgehead atoms. The third kappa shape index (κ3) is 6.81. The first-order valence-corrected chi connectivity index (χ1v) is 14.5. The summed E-state index contributed by atoms with van der Waals surface area (Å²) >= 11 is 0. The smallest absolute Gasteiger partial charge is 0.332 e. The van der Waals surface area contributed by atoms with Gasteiger partial charge in [-0.15, -0.1) is 0 Å². The summed E-state index contributed by atoms with van der Waals surface area (Å²) in [6, 6.07) is 20.9. The van der Waals surface area contributed by atoms with E-state index in [4.69, 9.17) is 9.47 Å².